The van der Waals surface area contributed by atoms with Gasteiger partial charge in [-0.25, -0.2) is 4.98 Å². The van der Waals surface area contributed by atoms with E-state index in [1.165, 1.54) is 10.9 Å². The number of fused-ring (bicyclic) bond motifs is 1. The molecule has 6 heteroatoms. The summed E-state index contributed by atoms with van der Waals surface area (Å²) in [5.74, 6) is 0.659. The molecule has 1 aromatic carbocycles. The average molecular weight is 297 g/mol. The highest BCUT2D eigenvalue weighted by molar-refractivity contribution is 5.75. The van der Waals surface area contributed by atoms with Crippen LogP contribution in [0.1, 0.15) is 11.7 Å². The number of nitrogens with zero attached hydrogens (tertiary/aromatic N) is 3. The molecule has 112 valence electrons. The number of rotatable bonds is 4. The van der Waals surface area contributed by atoms with Crippen LogP contribution in [-0.4, -0.2) is 26.8 Å². The highest BCUT2D eigenvalue weighted by Crippen LogP contribution is 2.20. The first-order valence-corrected chi connectivity index (χ1v) is 6.80. The van der Waals surface area contributed by atoms with Crippen molar-refractivity contribution < 1.29 is 9.84 Å². The number of aliphatic hydroxyl groups is 1. The van der Waals surface area contributed by atoms with Crippen molar-refractivity contribution in [1.29, 1.82) is 0 Å². The molecule has 0 fully saturated rings. The number of aliphatic hydroxyl groups excluding tert-OH is 1. The molecule has 0 radical (unpaired) electrons. The second-order valence-electron chi connectivity index (χ2n) is 4.89. The molecule has 1 atom stereocenters. The van der Waals surface area contributed by atoms with Crippen molar-refractivity contribution in [2.24, 2.45) is 0 Å². The summed E-state index contributed by atoms with van der Waals surface area (Å²) in [5, 5.41) is 10.8. The molecule has 2 heterocycles. The van der Waals surface area contributed by atoms with E-state index in [1.807, 2.05) is 0 Å². The van der Waals surface area contributed by atoms with E-state index in [-0.39, 0.29) is 12.1 Å². The highest BCUT2D eigenvalue weighted by Gasteiger charge is 2.12. The van der Waals surface area contributed by atoms with Gasteiger partial charge in [0, 0.05) is 6.20 Å². The van der Waals surface area contributed by atoms with Gasteiger partial charge in [-0.05, 0) is 23.8 Å². The molecule has 0 aliphatic carbocycles. The van der Waals surface area contributed by atoms with Crippen LogP contribution in [0.4, 0.5) is 0 Å². The summed E-state index contributed by atoms with van der Waals surface area (Å²) in [6.45, 7) is 0.122. The van der Waals surface area contributed by atoms with Crippen LogP contribution in [0.25, 0.3) is 10.9 Å². The Morgan fingerprint density at radius 1 is 1.36 bits per heavy atom. The molecule has 0 amide bonds. The van der Waals surface area contributed by atoms with E-state index in [2.05, 4.69) is 9.97 Å². The van der Waals surface area contributed by atoms with Crippen molar-refractivity contribution in [3.63, 3.8) is 0 Å². The van der Waals surface area contributed by atoms with Gasteiger partial charge in [-0.15, -0.1) is 0 Å². The molecule has 6 nitrogen and oxygen atoms in total. The Bertz CT molecular complexity index is 860. The molecule has 0 unspecified atom stereocenters. The molecule has 0 spiro atoms. The number of aromatic nitrogens is 3. The summed E-state index contributed by atoms with van der Waals surface area (Å²) in [6.07, 6.45) is 3.69. The second kappa shape index (κ2) is 5.95. The minimum Gasteiger partial charge on any atom is -0.497 e. The SMILES string of the molecule is COc1cccc([C@@H](O)Cn2cnc3cnccc3c2=O)c1. The molecular formula is C16H15N3O3. The zero-order valence-electron chi connectivity index (χ0n) is 12.0. The lowest BCUT2D eigenvalue weighted by Crippen LogP contribution is -2.23. The third-order valence-corrected chi connectivity index (χ3v) is 3.48. The van der Waals surface area contributed by atoms with E-state index in [0.29, 0.717) is 22.2 Å². The van der Waals surface area contributed by atoms with Gasteiger partial charge in [0.25, 0.3) is 5.56 Å². The first-order valence-electron chi connectivity index (χ1n) is 6.80. The lowest BCUT2D eigenvalue weighted by Gasteiger charge is -2.14. The van der Waals surface area contributed by atoms with Crippen molar-refractivity contribution in [2.75, 3.05) is 7.11 Å². The Morgan fingerprint density at radius 2 is 2.23 bits per heavy atom. The van der Waals surface area contributed by atoms with Crippen LogP contribution in [-0.2, 0) is 6.54 Å². The smallest absolute Gasteiger partial charge is 0.261 e. The van der Waals surface area contributed by atoms with E-state index in [4.69, 9.17) is 4.74 Å². The lowest BCUT2D eigenvalue weighted by atomic mass is 10.1. The van der Waals surface area contributed by atoms with Crippen LogP contribution >= 0.6 is 0 Å². The van der Waals surface area contributed by atoms with Gasteiger partial charge in [0.1, 0.15) is 5.75 Å². The van der Waals surface area contributed by atoms with Gasteiger partial charge < -0.3 is 9.84 Å². The van der Waals surface area contributed by atoms with Crippen molar-refractivity contribution in [3.8, 4) is 5.75 Å². The highest BCUT2D eigenvalue weighted by atomic mass is 16.5. The lowest BCUT2D eigenvalue weighted by molar-refractivity contribution is 0.154. The second-order valence-corrected chi connectivity index (χ2v) is 4.89. The van der Waals surface area contributed by atoms with Gasteiger partial charge in [-0.3, -0.25) is 14.3 Å². The molecule has 3 rings (SSSR count). The molecule has 3 aromatic rings. The average Bonchev–Trinajstić information content (AvgIpc) is 2.57. The predicted octanol–water partition coefficient (Wildman–Crippen LogP) is 1.53. The van der Waals surface area contributed by atoms with Gasteiger partial charge in [-0.2, -0.15) is 0 Å². The van der Waals surface area contributed by atoms with Crippen molar-refractivity contribution in [2.45, 2.75) is 12.6 Å². The van der Waals surface area contributed by atoms with Crippen molar-refractivity contribution in [1.82, 2.24) is 14.5 Å². The van der Waals surface area contributed by atoms with Crippen LogP contribution in [0.2, 0.25) is 0 Å². The maximum atomic E-state index is 12.4. The maximum absolute atomic E-state index is 12.4. The predicted molar refractivity (Wildman–Crippen MR) is 81.8 cm³/mol. The van der Waals surface area contributed by atoms with Crippen molar-refractivity contribution >= 4 is 10.9 Å². The first kappa shape index (κ1) is 14.2. The number of hydrogen-bond acceptors (Lipinski definition) is 5. The third kappa shape index (κ3) is 2.68. The van der Waals surface area contributed by atoms with Gasteiger partial charge in [0.05, 0.1) is 43.2 Å². The molecular weight excluding hydrogens is 282 g/mol. The molecule has 22 heavy (non-hydrogen) atoms. The molecule has 0 saturated heterocycles. The largest absolute Gasteiger partial charge is 0.497 e. The van der Waals surface area contributed by atoms with Crippen LogP contribution in [0.3, 0.4) is 0 Å². The Morgan fingerprint density at radius 3 is 3.05 bits per heavy atom. The number of ether oxygens (including phenoxy) is 1. The van der Waals surface area contributed by atoms with Crippen LogP contribution in [0, 0.1) is 0 Å². The summed E-state index contributed by atoms with van der Waals surface area (Å²) in [4.78, 5) is 20.5. The Kier molecular flexibility index (Phi) is 3.84. The Labute approximate surface area is 126 Å². The van der Waals surface area contributed by atoms with Gasteiger partial charge in [-0.1, -0.05) is 12.1 Å². The zero-order chi connectivity index (χ0) is 15.5. The van der Waals surface area contributed by atoms with E-state index in [1.54, 1.807) is 49.8 Å². The minimum absolute atomic E-state index is 0.122. The van der Waals surface area contributed by atoms with Crippen molar-refractivity contribution in [3.05, 3.63) is 65.0 Å². The molecule has 0 aliphatic heterocycles. The van der Waals surface area contributed by atoms with E-state index < -0.39 is 6.10 Å². The minimum atomic E-state index is -0.825. The molecule has 0 aliphatic rings. The number of hydrogen-bond donors (Lipinski definition) is 1. The number of pyridine rings is 1. The fourth-order valence-corrected chi connectivity index (χ4v) is 2.28. The van der Waals surface area contributed by atoms with Gasteiger partial charge in [0.15, 0.2) is 0 Å². The fraction of sp³-hybridized carbons (Fsp3) is 0.188. The quantitative estimate of drug-likeness (QED) is 0.790. The summed E-state index contributed by atoms with van der Waals surface area (Å²) in [5.41, 5.74) is 1.02. The fourth-order valence-electron chi connectivity index (χ4n) is 2.28. The summed E-state index contributed by atoms with van der Waals surface area (Å²) in [7, 11) is 1.57. The summed E-state index contributed by atoms with van der Waals surface area (Å²) < 4.78 is 6.53. The van der Waals surface area contributed by atoms with Gasteiger partial charge in [0.2, 0.25) is 0 Å². The number of benzene rings is 1. The summed E-state index contributed by atoms with van der Waals surface area (Å²) >= 11 is 0. The zero-order valence-corrected chi connectivity index (χ0v) is 12.0. The van der Waals surface area contributed by atoms with Crippen LogP contribution in [0.5, 0.6) is 5.75 Å². The normalized spacial score (nSPS) is 12.3. The van der Waals surface area contributed by atoms with Gasteiger partial charge >= 0.3 is 0 Å². The molecule has 1 N–H and O–H groups in total. The molecule has 0 saturated carbocycles. The third-order valence-electron chi connectivity index (χ3n) is 3.48. The van der Waals surface area contributed by atoms with Crippen LogP contribution < -0.4 is 10.3 Å². The summed E-state index contributed by atoms with van der Waals surface area (Å²) in [6, 6.07) is 8.75. The molecule has 2 aromatic heterocycles. The Balaban J connectivity index is 1.92. The van der Waals surface area contributed by atoms with E-state index in [0.717, 1.165) is 0 Å². The van der Waals surface area contributed by atoms with E-state index >= 15 is 0 Å². The van der Waals surface area contributed by atoms with E-state index in [9.17, 15) is 9.90 Å². The Hall–Kier alpha value is -2.73. The maximum Gasteiger partial charge on any atom is 0.261 e. The standard InChI is InChI=1S/C16H15N3O3/c1-22-12-4-2-3-11(7-12)15(20)9-19-10-18-14-8-17-6-5-13(14)16(19)21/h2-8,10,15,20H,9H2,1H3/t15-/m0/s1. The van der Waals surface area contributed by atoms with Crippen LogP contribution in [0.15, 0.2) is 53.8 Å². The monoisotopic (exact) mass is 297 g/mol. The number of methoxy groups -OCH3 is 1. The topological polar surface area (TPSA) is 77.2 Å². The molecule has 0 bridgehead atoms. The first-order chi connectivity index (χ1) is 10.7.